The largest absolute Gasteiger partial charge is 0.478 e. The van der Waals surface area contributed by atoms with Crippen molar-refractivity contribution in [1.82, 2.24) is 0 Å². The van der Waals surface area contributed by atoms with Crippen LogP contribution in [0.5, 0.6) is 0 Å². The van der Waals surface area contributed by atoms with E-state index in [1.54, 1.807) is 32.9 Å². The number of nitrogens with one attached hydrogen (secondary N) is 1. The van der Waals surface area contributed by atoms with Gasteiger partial charge in [0.2, 0.25) is 0 Å². The third-order valence-electron chi connectivity index (χ3n) is 3.23. The average molecular weight is 287 g/mol. The van der Waals surface area contributed by atoms with E-state index in [2.05, 4.69) is 5.32 Å². The molecule has 2 rings (SSSR count). The van der Waals surface area contributed by atoms with Crippen molar-refractivity contribution in [3.63, 3.8) is 0 Å². The number of aryl methyl sites for hydroxylation is 4. The highest BCUT2D eigenvalue weighted by Gasteiger charge is 2.19. The molecule has 2 N–H and O–H groups in total. The van der Waals surface area contributed by atoms with Gasteiger partial charge in [0.25, 0.3) is 5.91 Å². The first-order valence-corrected chi connectivity index (χ1v) is 6.52. The summed E-state index contributed by atoms with van der Waals surface area (Å²) in [5.41, 5.74) is 2.34. The fourth-order valence-electron chi connectivity index (χ4n) is 2.34. The van der Waals surface area contributed by atoms with E-state index in [4.69, 9.17) is 4.42 Å². The van der Waals surface area contributed by atoms with Gasteiger partial charge in [-0.2, -0.15) is 0 Å². The molecule has 0 atom stereocenters. The van der Waals surface area contributed by atoms with Crippen LogP contribution in [0.4, 0.5) is 5.69 Å². The quantitative estimate of drug-likeness (QED) is 0.906. The fraction of sp³-hybridized carbons (Fsp3) is 0.250. The van der Waals surface area contributed by atoms with Crippen LogP contribution in [-0.2, 0) is 0 Å². The fourth-order valence-corrected chi connectivity index (χ4v) is 2.34. The third kappa shape index (κ3) is 2.97. The molecule has 0 bridgehead atoms. The van der Waals surface area contributed by atoms with Gasteiger partial charge in [0.05, 0.1) is 16.8 Å². The number of hydrogen-bond donors (Lipinski definition) is 2. The highest BCUT2D eigenvalue weighted by Crippen LogP contribution is 2.24. The van der Waals surface area contributed by atoms with Crippen LogP contribution in [-0.4, -0.2) is 17.0 Å². The number of rotatable bonds is 3. The number of aromatic carboxylic acids is 1. The number of furan rings is 1. The van der Waals surface area contributed by atoms with Crippen molar-refractivity contribution >= 4 is 17.6 Å². The molecule has 5 heteroatoms. The number of carboxylic acid groups (broad SMARTS) is 1. The summed E-state index contributed by atoms with van der Waals surface area (Å²) in [5.74, 6) is -0.306. The molecule has 0 fully saturated rings. The maximum Gasteiger partial charge on any atom is 0.337 e. The van der Waals surface area contributed by atoms with Crippen molar-refractivity contribution in [3.05, 3.63) is 52.0 Å². The monoisotopic (exact) mass is 287 g/mol. The highest BCUT2D eigenvalue weighted by atomic mass is 16.4. The lowest BCUT2D eigenvalue weighted by Crippen LogP contribution is -2.16. The van der Waals surface area contributed by atoms with Gasteiger partial charge in [-0.25, -0.2) is 4.79 Å². The molecule has 1 heterocycles. The van der Waals surface area contributed by atoms with Crippen molar-refractivity contribution in [3.8, 4) is 0 Å². The normalized spacial score (nSPS) is 10.5. The Balaban J connectivity index is 2.42. The zero-order valence-electron chi connectivity index (χ0n) is 12.4. The van der Waals surface area contributed by atoms with Crippen LogP contribution < -0.4 is 5.32 Å². The number of hydrogen-bond acceptors (Lipinski definition) is 3. The molecule has 0 aliphatic heterocycles. The molecular weight excluding hydrogens is 270 g/mol. The van der Waals surface area contributed by atoms with Gasteiger partial charge in [-0.15, -0.1) is 0 Å². The van der Waals surface area contributed by atoms with Gasteiger partial charge in [0, 0.05) is 0 Å². The molecule has 21 heavy (non-hydrogen) atoms. The molecule has 0 spiro atoms. The predicted octanol–water partition coefficient (Wildman–Crippen LogP) is 3.46. The second-order valence-electron chi connectivity index (χ2n) is 5.09. The summed E-state index contributed by atoms with van der Waals surface area (Å²) in [6.07, 6.45) is 0. The number of anilines is 1. The van der Waals surface area contributed by atoms with E-state index in [1.165, 1.54) is 0 Å². The Morgan fingerprint density at radius 2 is 1.71 bits per heavy atom. The molecule has 0 aliphatic carbocycles. The van der Waals surface area contributed by atoms with Gasteiger partial charge in [-0.1, -0.05) is 6.07 Å². The van der Waals surface area contributed by atoms with E-state index in [9.17, 15) is 14.7 Å². The maximum absolute atomic E-state index is 12.3. The Bertz CT molecular complexity index is 728. The number of carboxylic acids is 1. The summed E-state index contributed by atoms with van der Waals surface area (Å²) >= 11 is 0. The number of amides is 1. The molecule has 0 unspecified atom stereocenters. The van der Waals surface area contributed by atoms with Crippen LogP contribution in [0.25, 0.3) is 0 Å². The molecule has 110 valence electrons. The van der Waals surface area contributed by atoms with Gasteiger partial charge in [-0.05, 0) is 51.0 Å². The Kier molecular flexibility index (Phi) is 3.84. The Hall–Kier alpha value is -2.56. The predicted molar refractivity (Wildman–Crippen MR) is 79.0 cm³/mol. The van der Waals surface area contributed by atoms with Crippen LogP contribution in [0, 0.1) is 27.7 Å². The van der Waals surface area contributed by atoms with Crippen LogP contribution >= 0.6 is 0 Å². The SMILES string of the molecule is Cc1cc(C)c(NC(=O)c2cc(C)oc2C)c(C(=O)O)c1. The lowest BCUT2D eigenvalue weighted by Gasteiger charge is -2.12. The summed E-state index contributed by atoms with van der Waals surface area (Å²) in [6.45, 7) is 7.03. The van der Waals surface area contributed by atoms with Crippen molar-refractivity contribution in [2.75, 3.05) is 5.32 Å². The van der Waals surface area contributed by atoms with Crippen molar-refractivity contribution in [1.29, 1.82) is 0 Å². The number of carbonyl (C=O) groups excluding carboxylic acids is 1. The second-order valence-corrected chi connectivity index (χ2v) is 5.09. The van der Waals surface area contributed by atoms with E-state index < -0.39 is 5.97 Å². The summed E-state index contributed by atoms with van der Waals surface area (Å²) in [4.78, 5) is 23.6. The summed E-state index contributed by atoms with van der Waals surface area (Å²) < 4.78 is 5.32. The average Bonchev–Trinajstić information content (AvgIpc) is 2.71. The molecular formula is C16H17NO4. The third-order valence-corrected chi connectivity index (χ3v) is 3.23. The molecule has 0 radical (unpaired) electrons. The molecule has 0 aliphatic rings. The summed E-state index contributed by atoms with van der Waals surface area (Å²) in [7, 11) is 0. The smallest absolute Gasteiger partial charge is 0.337 e. The zero-order chi connectivity index (χ0) is 15.7. The van der Waals surface area contributed by atoms with E-state index in [0.29, 0.717) is 28.3 Å². The van der Waals surface area contributed by atoms with Crippen LogP contribution in [0.2, 0.25) is 0 Å². The van der Waals surface area contributed by atoms with Crippen molar-refractivity contribution in [2.45, 2.75) is 27.7 Å². The molecule has 1 aromatic heterocycles. The molecule has 2 aromatic rings. The van der Waals surface area contributed by atoms with Gasteiger partial charge in [0.1, 0.15) is 11.5 Å². The number of benzene rings is 1. The Morgan fingerprint density at radius 3 is 2.24 bits per heavy atom. The topological polar surface area (TPSA) is 79.5 Å². The van der Waals surface area contributed by atoms with Gasteiger partial charge >= 0.3 is 5.97 Å². The van der Waals surface area contributed by atoms with Crippen molar-refractivity contribution < 1.29 is 19.1 Å². The van der Waals surface area contributed by atoms with Crippen molar-refractivity contribution in [2.24, 2.45) is 0 Å². The van der Waals surface area contributed by atoms with Crippen LogP contribution in [0.3, 0.4) is 0 Å². The lowest BCUT2D eigenvalue weighted by molar-refractivity contribution is 0.0698. The molecule has 1 amide bonds. The Morgan fingerprint density at radius 1 is 1.05 bits per heavy atom. The first kappa shape index (κ1) is 14.8. The number of carbonyl (C=O) groups is 2. The van der Waals surface area contributed by atoms with E-state index in [-0.39, 0.29) is 11.5 Å². The van der Waals surface area contributed by atoms with Crippen LogP contribution in [0.1, 0.15) is 43.4 Å². The summed E-state index contributed by atoms with van der Waals surface area (Å²) in [6, 6.07) is 5.00. The first-order chi connectivity index (χ1) is 9.79. The van der Waals surface area contributed by atoms with E-state index in [0.717, 1.165) is 5.56 Å². The van der Waals surface area contributed by atoms with Gasteiger partial charge in [-0.3, -0.25) is 4.79 Å². The zero-order valence-corrected chi connectivity index (χ0v) is 12.4. The molecule has 0 saturated carbocycles. The minimum absolute atomic E-state index is 0.0821. The standard InChI is InChI=1S/C16H17NO4/c1-8-5-9(2)14(13(6-8)16(19)20)17-15(18)12-7-10(3)21-11(12)4/h5-7H,1-4H3,(H,17,18)(H,19,20). The highest BCUT2D eigenvalue weighted by molar-refractivity contribution is 6.09. The maximum atomic E-state index is 12.3. The summed E-state index contributed by atoms with van der Waals surface area (Å²) in [5, 5.41) is 12.0. The minimum atomic E-state index is -1.07. The first-order valence-electron chi connectivity index (χ1n) is 6.52. The van der Waals surface area contributed by atoms with Gasteiger partial charge in [0.15, 0.2) is 0 Å². The van der Waals surface area contributed by atoms with Crippen LogP contribution in [0.15, 0.2) is 22.6 Å². The van der Waals surface area contributed by atoms with E-state index >= 15 is 0 Å². The molecule has 5 nitrogen and oxygen atoms in total. The second kappa shape index (κ2) is 5.44. The molecule has 1 aromatic carbocycles. The van der Waals surface area contributed by atoms with E-state index in [1.807, 2.05) is 13.0 Å². The Labute approximate surface area is 122 Å². The van der Waals surface area contributed by atoms with Gasteiger partial charge < -0.3 is 14.8 Å². The molecule has 0 saturated heterocycles. The minimum Gasteiger partial charge on any atom is -0.478 e. The lowest BCUT2D eigenvalue weighted by atomic mass is 10.0.